The summed E-state index contributed by atoms with van der Waals surface area (Å²) in [6.45, 7) is 7.92. The van der Waals surface area contributed by atoms with Gasteiger partial charge in [-0.05, 0) is 51.0 Å². The van der Waals surface area contributed by atoms with Gasteiger partial charge in [-0.25, -0.2) is 4.39 Å². The highest BCUT2D eigenvalue weighted by Crippen LogP contribution is 2.26. The van der Waals surface area contributed by atoms with Crippen molar-refractivity contribution < 1.29 is 4.39 Å². The number of aromatic nitrogens is 4. The molecule has 1 aromatic carbocycles. The van der Waals surface area contributed by atoms with E-state index in [0.29, 0.717) is 4.47 Å². The molecule has 2 rings (SSSR count). The lowest BCUT2D eigenvalue weighted by molar-refractivity contribution is 0.525. The highest BCUT2D eigenvalue weighted by molar-refractivity contribution is 9.10. The largest absolute Gasteiger partial charge is 0.206 e. The standard InChI is InChI=1S/C12H14BrFN4/c1-7-5-9(14)8(13)6-10(7)18-11(12(2,3)4)15-16-17-18/h5-6H,1-4H3. The molecule has 0 bridgehead atoms. The van der Waals surface area contributed by atoms with E-state index < -0.39 is 0 Å². The number of benzene rings is 1. The third-order valence-electron chi connectivity index (χ3n) is 2.61. The van der Waals surface area contributed by atoms with E-state index in [1.807, 2.05) is 27.7 Å². The van der Waals surface area contributed by atoms with Crippen LogP contribution in [-0.4, -0.2) is 20.2 Å². The van der Waals surface area contributed by atoms with Crippen LogP contribution in [0.4, 0.5) is 4.39 Å². The van der Waals surface area contributed by atoms with Gasteiger partial charge in [0, 0.05) is 5.41 Å². The molecule has 1 heterocycles. The number of aryl methyl sites for hydroxylation is 1. The minimum Gasteiger partial charge on any atom is -0.206 e. The summed E-state index contributed by atoms with van der Waals surface area (Å²) < 4.78 is 15.5. The summed E-state index contributed by atoms with van der Waals surface area (Å²) in [5.41, 5.74) is 1.38. The first-order valence-electron chi connectivity index (χ1n) is 5.55. The van der Waals surface area contributed by atoms with Crippen LogP contribution >= 0.6 is 15.9 Å². The van der Waals surface area contributed by atoms with E-state index in [9.17, 15) is 4.39 Å². The second-order valence-electron chi connectivity index (χ2n) is 5.22. The number of hydrogen-bond acceptors (Lipinski definition) is 3. The first kappa shape index (κ1) is 13.1. The van der Waals surface area contributed by atoms with Crippen molar-refractivity contribution in [2.24, 2.45) is 0 Å². The molecule has 0 saturated carbocycles. The highest BCUT2D eigenvalue weighted by atomic mass is 79.9. The molecule has 1 aromatic heterocycles. The number of rotatable bonds is 1. The Morgan fingerprint density at radius 2 is 1.94 bits per heavy atom. The Bertz CT molecular complexity index is 586. The van der Waals surface area contributed by atoms with Gasteiger partial charge in [-0.3, -0.25) is 0 Å². The minimum atomic E-state index is -0.290. The number of nitrogens with zero attached hydrogens (tertiary/aromatic N) is 4. The zero-order valence-electron chi connectivity index (χ0n) is 10.7. The molecular weight excluding hydrogens is 299 g/mol. The summed E-state index contributed by atoms with van der Waals surface area (Å²) >= 11 is 3.18. The third-order valence-corrected chi connectivity index (χ3v) is 3.22. The fourth-order valence-corrected chi connectivity index (χ4v) is 2.01. The maximum atomic E-state index is 13.4. The summed E-state index contributed by atoms with van der Waals surface area (Å²) in [6.07, 6.45) is 0. The molecule has 2 aromatic rings. The molecule has 96 valence electrons. The number of hydrogen-bond donors (Lipinski definition) is 0. The van der Waals surface area contributed by atoms with Gasteiger partial charge in [-0.15, -0.1) is 5.10 Å². The van der Waals surface area contributed by atoms with Crippen LogP contribution in [0.2, 0.25) is 0 Å². The van der Waals surface area contributed by atoms with Crippen molar-refractivity contribution in [3.8, 4) is 5.69 Å². The lowest BCUT2D eigenvalue weighted by atomic mass is 9.95. The Kier molecular flexibility index (Phi) is 3.23. The van der Waals surface area contributed by atoms with Crippen molar-refractivity contribution in [2.45, 2.75) is 33.1 Å². The monoisotopic (exact) mass is 312 g/mol. The summed E-state index contributed by atoms with van der Waals surface area (Å²) in [6, 6.07) is 3.16. The van der Waals surface area contributed by atoms with Crippen LogP contribution in [0.1, 0.15) is 32.2 Å². The number of halogens is 2. The molecule has 0 N–H and O–H groups in total. The number of tetrazole rings is 1. The minimum absolute atomic E-state index is 0.184. The molecule has 0 spiro atoms. The van der Waals surface area contributed by atoms with Crippen molar-refractivity contribution >= 4 is 15.9 Å². The summed E-state index contributed by atoms with van der Waals surface area (Å²) in [5, 5.41) is 11.8. The van der Waals surface area contributed by atoms with Gasteiger partial charge in [0.05, 0.1) is 10.2 Å². The molecule has 0 amide bonds. The first-order chi connectivity index (χ1) is 8.30. The van der Waals surface area contributed by atoms with E-state index in [1.54, 1.807) is 10.7 Å². The van der Waals surface area contributed by atoms with Gasteiger partial charge < -0.3 is 0 Å². The smallest absolute Gasteiger partial charge is 0.162 e. The topological polar surface area (TPSA) is 43.6 Å². The van der Waals surface area contributed by atoms with Crippen LogP contribution < -0.4 is 0 Å². The highest BCUT2D eigenvalue weighted by Gasteiger charge is 2.23. The van der Waals surface area contributed by atoms with Crippen molar-refractivity contribution in [2.75, 3.05) is 0 Å². The van der Waals surface area contributed by atoms with Gasteiger partial charge in [-0.2, -0.15) is 4.68 Å². The van der Waals surface area contributed by atoms with Crippen LogP contribution in [0, 0.1) is 12.7 Å². The van der Waals surface area contributed by atoms with E-state index >= 15 is 0 Å². The fraction of sp³-hybridized carbons (Fsp3) is 0.417. The second kappa shape index (κ2) is 4.42. The van der Waals surface area contributed by atoms with E-state index in [2.05, 4.69) is 31.5 Å². The second-order valence-corrected chi connectivity index (χ2v) is 6.07. The Morgan fingerprint density at radius 1 is 1.28 bits per heavy atom. The van der Waals surface area contributed by atoms with Crippen LogP contribution in [-0.2, 0) is 5.41 Å². The van der Waals surface area contributed by atoms with Crippen molar-refractivity contribution in [1.29, 1.82) is 0 Å². The Hall–Kier alpha value is -1.30. The van der Waals surface area contributed by atoms with Gasteiger partial charge in [-0.1, -0.05) is 20.8 Å². The quantitative estimate of drug-likeness (QED) is 0.812. The normalized spacial score (nSPS) is 11.9. The van der Waals surface area contributed by atoms with Gasteiger partial charge in [0.2, 0.25) is 0 Å². The van der Waals surface area contributed by atoms with Crippen LogP contribution in [0.5, 0.6) is 0 Å². The molecule has 0 unspecified atom stereocenters. The average molecular weight is 313 g/mol. The van der Waals surface area contributed by atoms with Gasteiger partial charge in [0.15, 0.2) is 5.82 Å². The Labute approximate surface area is 113 Å². The zero-order chi connectivity index (χ0) is 13.5. The first-order valence-corrected chi connectivity index (χ1v) is 6.35. The lowest BCUT2D eigenvalue weighted by Gasteiger charge is -2.18. The van der Waals surface area contributed by atoms with E-state index in [0.717, 1.165) is 17.1 Å². The summed E-state index contributed by atoms with van der Waals surface area (Å²) in [7, 11) is 0. The van der Waals surface area contributed by atoms with Crippen LogP contribution in [0.25, 0.3) is 5.69 Å². The van der Waals surface area contributed by atoms with E-state index in [-0.39, 0.29) is 11.2 Å². The molecule has 0 aliphatic rings. The maximum absolute atomic E-state index is 13.4. The Balaban J connectivity index is 2.64. The van der Waals surface area contributed by atoms with Crippen molar-refractivity contribution in [3.63, 3.8) is 0 Å². The Morgan fingerprint density at radius 3 is 2.56 bits per heavy atom. The SMILES string of the molecule is Cc1cc(F)c(Br)cc1-n1nnnc1C(C)(C)C. The molecule has 0 atom stereocenters. The summed E-state index contributed by atoms with van der Waals surface area (Å²) in [4.78, 5) is 0. The average Bonchev–Trinajstić information content (AvgIpc) is 2.71. The lowest BCUT2D eigenvalue weighted by Crippen LogP contribution is -2.19. The van der Waals surface area contributed by atoms with E-state index in [4.69, 9.17) is 0 Å². The molecule has 0 saturated heterocycles. The molecule has 6 heteroatoms. The fourth-order valence-electron chi connectivity index (χ4n) is 1.68. The summed E-state index contributed by atoms with van der Waals surface area (Å²) in [5.74, 6) is 0.450. The molecule has 0 aliphatic heterocycles. The third kappa shape index (κ3) is 2.29. The van der Waals surface area contributed by atoms with Gasteiger partial charge in [0.25, 0.3) is 0 Å². The van der Waals surface area contributed by atoms with E-state index in [1.165, 1.54) is 6.07 Å². The van der Waals surface area contributed by atoms with Gasteiger partial charge in [0.1, 0.15) is 5.82 Å². The van der Waals surface area contributed by atoms with Crippen LogP contribution in [0.15, 0.2) is 16.6 Å². The van der Waals surface area contributed by atoms with Crippen LogP contribution in [0.3, 0.4) is 0 Å². The molecule has 4 nitrogen and oxygen atoms in total. The van der Waals surface area contributed by atoms with Crippen molar-refractivity contribution in [1.82, 2.24) is 20.2 Å². The molecule has 0 radical (unpaired) electrons. The predicted molar refractivity (Wildman–Crippen MR) is 70.2 cm³/mol. The predicted octanol–water partition coefficient (Wildman–Crippen LogP) is 3.17. The molecular formula is C12H14BrFN4. The zero-order valence-corrected chi connectivity index (χ0v) is 12.3. The molecule has 0 fully saturated rings. The molecule has 0 aliphatic carbocycles. The van der Waals surface area contributed by atoms with Crippen molar-refractivity contribution in [3.05, 3.63) is 33.8 Å². The van der Waals surface area contributed by atoms with Gasteiger partial charge >= 0.3 is 0 Å². The molecule has 18 heavy (non-hydrogen) atoms. The maximum Gasteiger partial charge on any atom is 0.162 e.